The van der Waals surface area contributed by atoms with Crippen molar-refractivity contribution in [3.05, 3.63) is 82.5 Å². The standard InChI is InChI=1S/C27H31NO3/c1-7-30-26(29)25-19(3)28-23(16-24(25)31-17-20-11-9-8-10-12-20)22-14-13-21(15-18(22)2)27(4,5)6/h8-16H,7,17H2,1-6H3. The van der Waals surface area contributed by atoms with Gasteiger partial charge in [-0.2, -0.15) is 0 Å². The Bertz CT molecular complexity index is 1070. The highest BCUT2D eigenvalue weighted by atomic mass is 16.5. The van der Waals surface area contributed by atoms with Crippen LogP contribution in [0.5, 0.6) is 5.75 Å². The Morgan fingerprint density at radius 1 is 1.00 bits per heavy atom. The lowest BCUT2D eigenvalue weighted by Gasteiger charge is -2.21. The maximum absolute atomic E-state index is 12.6. The van der Waals surface area contributed by atoms with Crippen molar-refractivity contribution in [1.82, 2.24) is 4.98 Å². The minimum absolute atomic E-state index is 0.0738. The molecule has 1 heterocycles. The summed E-state index contributed by atoms with van der Waals surface area (Å²) < 4.78 is 11.4. The molecule has 0 bridgehead atoms. The van der Waals surface area contributed by atoms with Crippen molar-refractivity contribution < 1.29 is 14.3 Å². The first-order valence-corrected chi connectivity index (χ1v) is 10.7. The molecule has 1 aromatic heterocycles. The van der Waals surface area contributed by atoms with Crippen molar-refractivity contribution in [1.29, 1.82) is 0 Å². The van der Waals surface area contributed by atoms with E-state index in [1.54, 1.807) is 6.92 Å². The van der Waals surface area contributed by atoms with Gasteiger partial charge in [0, 0.05) is 11.6 Å². The summed E-state index contributed by atoms with van der Waals surface area (Å²) in [5.74, 6) is 0.0750. The highest BCUT2D eigenvalue weighted by Gasteiger charge is 2.22. The second-order valence-corrected chi connectivity index (χ2v) is 8.74. The average Bonchev–Trinajstić information content (AvgIpc) is 2.72. The van der Waals surface area contributed by atoms with Crippen molar-refractivity contribution in [3.63, 3.8) is 0 Å². The van der Waals surface area contributed by atoms with Gasteiger partial charge in [-0.15, -0.1) is 0 Å². The van der Waals surface area contributed by atoms with E-state index < -0.39 is 5.97 Å². The number of carbonyl (C=O) groups excluding carboxylic acids is 1. The molecule has 0 aliphatic carbocycles. The molecular formula is C27H31NO3. The van der Waals surface area contributed by atoms with E-state index >= 15 is 0 Å². The Hall–Kier alpha value is -3.14. The third-order valence-corrected chi connectivity index (χ3v) is 5.25. The lowest BCUT2D eigenvalue weighted by molar-refractivity contribution is 0.0519. The van der Waals surface area contributed by atoms with Crippen LogP contribution in [-0.4, -0.2) is 17.6 Å². The van der Waals surface area contributed by atoms with Gasteiger partial charge >= 0.3 is 5.97 Å². The first-order chi connectivity index (χ1) is 14.7. The minimum atomic E-state index is -0.415. The van der Waals surface area contributed by atoms with Gasteiger partial charge in [-0.25, -0.2) is 4.79 Å². The predicted octanol–water partition coefficient (Wildman–Crippen LogP) is 6.42. The number of benzene rings is 2. The zero-order valence-electron chi connectivity index (χ0n) is 19.3. The number of carbonyl (C=O) groups is 1. The summed E-state index contributed by atoms with van der Waals surface area (Å²) in [5, 5.41) is 0. The third kappa shape index (κ3) is 5.32. The van der Waals surface area contributed by atoms with Crippen LogP contribution in [0.4, 0.5) is 0 Å². The van der Waals surface area contributed by atoms with E-state index in [9.17, 15) is 4.79 Å². The molecule has 31 heavy (non-hydrogen) atoms. The lowest BCUT2D eigenvalue weighted by Crippen LogP contribution is -2.12. The first kappa shape index (κ1) is 22.5. The Morgan fingerprint density at radius 3 is 2.32 bits per heavy atom. The van der Waals surface area contributed by atoms with E-state index in [1.165, 1.54) is 5.56 Å². The van der Waals surface area contributed by atoms with Crippen molar-refractivity contribution in [2.45, 2.75) is 53.6 Å². The highest BCUT2D eigenvalue weighted by Crippen LogP contribution is 2.33. The molecule has 0 spiro atoms. The van der Waals surface area contributed by atoms with E-state index in [2.05, 4.69) is 45.9 Å². The normalized spacial score (nSPS) is 11.3. The summed E-state index contributed by atoms with van der Waals surface area (Å²) in [6.07, 6.45) is 0. The quantitative estimate of drug-likeness (QED) is 0.434. The summed E-state index contributed by atoms with van der Waals surface area (Å²) in [7, 11) is 0. The Balaban J connectivity index is 2.04. The molecule has 0 N–H and O–H groups in total. The van der Waals surface area contributed by atoms with Crippen LogP contribution in [0, 0.1) is 13.8 Å². The minimum Gasteiger partial charge on any atom is -0.488 e. The van der Waals surface area contributed by atoms with Gasteiger partial charge in [0.05, 0.1) is 18.0 Å². The Kier molecular flexibility index (Phi) is 6.79. The second kappa shape index (κ2) is 9.34. The molecule has 3 rings (SSSR count). The van der Waals surface area contributed by atoms with Gasteiger partial charge in [-0.05, 0) is 42.9 Å². The van der Waals surface area contributed by atoms with Crippen molar-refractivity contribution in [2.75, 3.05) is 6.61 Å². The molecule has 0 aliphatic rings. The Labute approximate surface area is 185 Å². The van der Waals surface area contributed by atoms with Crippen LogP contribution in [0.15, 0.2) is 54.6 Å². The molecule has 2 aromatic carbocycles. The van der Waals surface area contributed by atoms with Crippen LogP contribution in [0.1, 0.15) is 60.4 Å². The second-order valence-electron chi connectivity index (χ2n) is 8.74. The monoisotopic (exact) mass is 417 g/mol. The van der Waals surface area contributed by atoms with Crippen LogP contribution >= 0.6 is 0 Å². The molecule has 0 aliphatic heterocycles. The van der Waals surface area contributed by atoms with Gasteiger partial charge in [0.15, 0.2) is 0 Å². The van der Waals surface area contributed by atoms with E-state index in [4.69, 9.17) is 14.5 Å². The number of hydrogen-bond acceptors (Lipinski definition) is 4. The fourth-order valence-corrected chi connectivity index (χ4v) is 3.50. The summed E-state index contributed by atoms with van der Waals surface area (Å²) in [5.41, 5.74) is 6.29. The Morgan fingerprint density at radius 2 is 1.71 bits per heavy atom. The molecule has 0 fully saturated rings. The average molecular weight is 418 g/mol. The van der Waals surface area contributed by atoms with E-state index in [1.807, 2.05) is 43.3 Å². The molecule has 0 atom stereocenters. The molecule has 162 valence electrons. The van der Waals surface area contributed by atoms with Crippen molar-refractivity contribution in [2.24, 2.45) is 0 Å². The predicted molar refractivity (Wildman–Crippen MR) is 125 cm³/mol. The summed E-state index contributed by atoms with van der Waals surface area (Å²) >= 11 is 0. The number of pyridine rings is 1. The number of esters is 1. The third-order valence-electron chi connectivity index (χ3n) is 5.25. The van der Waals surface area contributed by atoms with Gasteiger partial charge in [0.25, 0.3) is 0 Å². The van der Waals surface area contributed by atoms with Gasteiger partial charge in [0.2, 0.25) is 0 Å². The van der Waals surface area contributed by atoms with E-state index in [-0.39, 0.29) is 5.41 Å². The van der Waals surface area contributed by atoms with Crippen LogP contribution < -0.4 is 4.74 Å². The lowest BCUT2D eigenvalue weighted by atomic mass is 9.85. The number of hydrogen-bond donors (Lipinski definition) is 0. The first-order valence-electron chi connectivity index (χ1n) is 10.7. The smallest absolute Gasteiger partial charge is 0.343 e. The molecule has 4 nitrogen and oxygen atoms in total. The summed E-state index contributed by atoms with van der Waals surface area (Å²) in [6.45, 7) is 13.0. The maximum Gasteiger partial charge on any atom is 0.343 e. The fourth-order valence-electron chi connectivity index (χ4n) is 3.50. The fraction of sp³-hybridized carbons (Fsp3) is 0.333. The van der Waals surface area contributed by atoms with Crippen LogP contribution in [0.3, 0.4) is 0 Å². The molecule has 0 saturated heterocycles. The van der Waals surface area contributed by atoms with Crippen molar-refractivity contribution >= 4 is 5.97 Å². The highest BCUT2D eigenvalue weighted by molar-refractivity contribution is 5.94. The number of aryl methyl sites for hydroxylation is 2. The van der Waals surface area contributed by atoms with Crippen LogP contribution in [-0.2, 0) is 16.8 Å². The number of aromatic nitrogens is 1. The summed E-state index contributed by atoms with van der Waals surface area (Å²) in [4.78, 5) is 17.4. The maximum atomic E-state index is 12.6. The van der Waals surface area contributed by atoms with Crippen LogP contribution in [0.2, 0.25) is 0 Å². The molecule has 3 aromatic rings. The van der Waals surface area contributed by atoms with E-state index in [0.29, 0.717) is 30.2 Å². The molecular weight excluding hydrogens is 386 g/mol. The molecule has 0 amide bonds. The molecule has 0 radical (unpaired) electrons. The van der Waals surface area contributed by atoms with Gasteiger partial charge < -0.3 is 9.47 Å². The molecule has 0 unspecified atom stereocenters. The van der Waals surface area contributed by atoms with Gasteiger partial charge in [-0.3, -0.25) is 4.98 Å². The van der Waals surface area contributed by atoms with Crippen LogP contribution in [0.25, 0.3) is 11.3 Å². The topological polar surface area (TPSA) is 48.4 Å². The van der Waals surface area contributed by atoms with Crippen molar-refractivity contribution in [3.8, 4) is 17.0 Å². The zero-order valence-corrected chi connectivity index (χ0v) is 19.3. The SMILES string of the molecule is CCOC(=O)c1c(OCc2ccccc2)cc(-c2ccc(C(C)(C)C)cc2C)nc1C. The molecule has 4 heteroatoms. The van der Waals surface area contributed by atoms with Gasteiger partial charge in [-0.1, -0.05) is 69.3 Å². The largest absolute Gasteiger partial charge is 0.488 e. The summed E-state index contributed by atoms with van der Waals surface area (Å²) in [6, 6.07) is 18.2. The van der Waals surface area contributed by atoms with Gasteiger partial charge in [0.1, 0.15) is 17.9 Å². The number of ether oxygens (including phenoxy) is 2. The number of nitrogens with zero attached hydrogens (tertiary/aromatic N) is 1. The van der Waals surface area contributed by atoms with E-state index in [0.717, 1.165) is 22.4 Å². The number of rotatable bonds is 6. The zero-order chi connectivity index (χ0) is 22.6. The molecule has 0 saturated carbocycles.